The van der Waals surface area contributed by atoms with Gasteiger partial charge in [0, 0.05) is 23.8 Å². The lowest BCUT2D eigenvalue weighted by Crippen LogP contribution is -2.52. The van der Waals surface area contributed by atoms with E-state index in [1.165, 1.54) is 0 Å². The Morgan fingerprint density at radius 1 is 0.938 bits per heavy atom. The summed E-state index contributed by atoms with van der Waals surface area (Å²) in [5.74, 6) is -4.41. The van der Waals surface area contributed by atoms with Gasteiger partial charge in [0.05, 0.1) is 0 Å². The molecule has 0 aromatic rings. The molecule has 0 heterocycles. The fraction of sp³-hybridized carbons (Fsp3) is 0.833. The van der Waals surface area contributed by atoms with Crippen molar-refractivity contribution in [2.45, 2.75) is 39.5 Å². The summed E-state index contributed by atoms with van der Waals surface area (Å²) in [4.78, 5) is 22.2. The SMILES string of the molecule is CCC1CCC(CC)C(C(=O)[O-])C1C(=O)[O-]. The number of hydrogen-bond acceptors (Lipinski definition) is 4. The monoisotopic (exact) mass is 226 g/mol. The van der Waals surface area contributed by atoms with Gasteiger partial charge in [-0.2, -0.15) is 0 Å². The van der Waals surface area contributed by atoms with Crippen molar-refractivity contribution in [1.29, 1.82) is 0 Å². The van der Waals surface area contributed by atoms with E-state index in [-0.39, 0.29) is 11.8 Å². The second-order valence-electron chi connectivity index (χ2n) is 4.60. The maximum absolute atomic E-state index is 11.1. The maximum atomic E-state index is 11.1. The van der Waals surface area contributed by atoms with Gasteiger partial charge in [-0.3, -0.25) is 0 Å². The second-order valence-corrected chi connectivity index (χ2v) is 4.60. The van der Waals surface area contributed by atoms with Crippen LogP contribution in [0.4, 0.5) is 0 Å². The Morgan fingerprint density at radius 2 is 1.25 bits per heavy atom. The van der Waals surface area contributed by atoms with Crippen LogP contribution in [0.25, 0.3) is 0 Å². The van der Waals surface area contributed by atoms with Gasteiger partial charge in [-0.1, -0.05) is 26.7 Å². The van der Waals surface area contributed by atoms with E-state index in [9.17, 15) is 19.8 Å². The van der Waals surface area contributed by atoms with E-state index in [1.54, 1.807) is 0 Å². The van der Waals surface area contributed by atoms with Crippen LogP contribution in [-0.4, -0.2) is 11.9 Å². The fourth-order valence-corrected chi connectivity index (χ4v) is 2.97. The highest BCUT2D eigenvalue weighted by Gasteiger charge is 2.39. The first-order valence-electron chi connectivity index (χ1n) is 5.94. The summed E-state index contributed by atoms with van der Waals surface area (Å²) in [6.07, 6.45) is 2.91. The first-order chi connectivity index (χ1) is 7.52. The van der Waals surface area contributed by atoms with E-state index in [4.69, 9.17) is 0 Å². The van der Waals surface area contributed by atoms with Gasteiger partial charge in [0.1, 0.15) is 0 Å². The molecule has 0 saturated heterocycles. The minimum atomic E-state index is -1.24. The molecular formula is C12H18O4-2. The molecule has 1 aliphatic carbocycles. The topological polar surface area (TPSA) is 80.3 Å². The number of carbonyl (C=O) groups is 2. The first kappa shape index (κ1) is 13.0. The van der Waals surface area contributed by atoms with Crippen LogP contribution in [0.15, 0.2) is 0 Å². The van der Waals surface area contributed by atoms with Gasteiger partial charge >= 0.3 is 0 Å². The van der Waals surface area contributed by atoms with Crippen LogP contribution < -0.4 is 10.2 Å². The van der Waals surface area contributed by atoms with Crippen molar-refractivity contribution in [3.63, 3.8) is 0 Å². The average molecular weight is 226 g/mol. The third kappa shape index (κ3) is 2.36. The predicted octanol–water partition coefficient (Wildman–Crippen LogP) is -0.435. The van der Waals surface area contributed by atoms with Crippen molar-refractivity contribution in [3.05, 3.63) is 0 Å². The van der Waals surface area contributed by atoms with Crippen LogP contribution in [0.2, 0.25) is 0 Å². The number of hydrogen-bond donors (Lipinski definition) is 0. The fourth-order valence-electron chi connectivity index (χ4n) is 2.97. The van der Waals surface area contributed by atoms with Gasteiger partial charge in [-0.15, -0.1) is 0 Å². The van der Waals surface area contributed by atoms with E-state index in [1.807, 2.05) is 13.8 Å². The van der Waals surface area contributed by atoms with Gasteiger partial charge in [0.2, 0.25) is 0 Å². The molecule has 0 aromatic heterocycles. The second kappa shape index (κ2) is 5.32. The lowest BCUT2D eigenvalue weighted by Gasteiger charge is -2.43. The molecule has 0 spiro atoms. The Kier molecular flexibility index (Phi) is 4.33. The van der Waals surface area contributed by atoms with Gasteiger partial charge in [-0.25, -0.2) is 0 Å². The minimum Gasteiger partial charge on any atom is -0.550 e. The molecule has 1 rings (SSSR count). The van der Waals surface area contributed by atoms with E-state index in [0.717, 1.165) is 12.8 Å². The smallest absolute Gasteiger partial charge is 0.0454 e. The number of rotatable bonds is 4. The maximum Gasteiger partial charge on any atom is 0.0454 e. The van der Waals surface area contributed by atoms with Gasteiger partial charge < -0.3 is 19.8 Å². The molecule has 0 bridgehead atoms. The highest BCUT2D eigenvalue weighted by atomic mass is 16.4. The van der Waals surface area contributed by atoms with Crippen molar-refractivity contribution in [2.24, 2.45) is 23.7 Å². The van der Waals surface area contributed by atoms with Crippen LogP contribution in [-0.2, 0) is 9.59 Å². The van der Waals surface area contributed by atoms with Crippen LogP contribution in [0.1, 0.15) is 39.5 Å². The zero-order valence-corrected chi connectivity index (χ0v) is 9.77. The summed E-state index contributed by atoms with van der Waals surface area (Å²) >= 11 is 0. The third-order valence-electron chi connectivity index (χ3n) is 3.90. The molecule has 0 aliphatic heterocycles. The van der Waals surface area contributed by atoms with Gasteiger partial charge in [0.15, 0.2) is 0 Å². The predicted molar refractivity (Wildman–Crippen MR) is 53.8 cm³/mol. The molecule has 0 radical (unpaired) electrons. The zero-order chi connectivity index (χ0) is 12.3. The quantitative estimate of drug-likeness (QED) is 0.651. The highest BCUT2D eigenvalue weighted by Crippen LogP contribution is 2.41. The molecule has 0 amide bonds. The molecule has 4 heteroatoms. The third-order valence-corrected chi connectivity index (χ3v) is 3.90. The van der Waals surface area contributed by atoms with Crippen molar-refractivity contribution < 1.29 is 19.8 Å². The number of carboxylic acids is 2. The van der Waals surface area contributed by atoms with Gasteiger partial charge in [0.25, 0.3) is 0 Å². The summed E-state index contributed by atoms with van der Waals surface area (Å²) < 4.78 is 0. The largest absolute Gasteiger partial charge is 0.550 e. The Balaban J connectivity index is 2.98. The molecule has 4 atom stereocenters. The number of carbonyl (C=O) groups excluding carboxylic acids is 2. The Labute approximate surface area is 95.7 Å². The minimum absolute atomic E-state index is 0.0873. The van der Waals surface area contributed by atoms with E-state index in [0.29, 0.717) is 12.8 Å². The Hall–Kier alpha value is -1.06. The van der Waals surface area contributed by atoms with Crippen LogP contribution in [0.3, 0.4) is 0 Å². The van der Waals surface area contributed by atoms with Crippen LogP contribution in [0, 0.1) is 23.7 Å². The van der Waals surface area contributed by atoms with E-state index < -0.39 is 23.8 Å². The van der Waals surface area contributed by atoms with E-state index >= 15 is 0 Å². The number of aliphatic carboxylic acids is 2. The molecule has 4 unspecified atom stereocenters. The molecule has 1 fully saturated rings. The normalized spacial score (nSPS) is 34.6. The Bertz CT molecular complexity index is 246. The molecular weight excluding hydrogens is 208 g/mol. The first-order valence-corrected chi connectivity index (χ1v) is 5.94. The molecule has 92 valence electrons. The molecule has 0 N–H and O–H groups in total. The summed E-state index contributed by atoms with van der Waals surface area (Å²) in [5, 5.41) is 22.2. The highest BCUT2D eigenvalue weighted by molar-refractivity contribution is 5.78. The van der Waals surface area contributed by atoms with Crippen molar-refractivity contribution >= 4 is 11.9 Å². The lowest BCUT2D eigenvalue weighted by atomic mass is 9.65. The van der Waals surface area contributed by atoms with E-state index in [2.05, 4.69) is 0 Å². The summed E-state index contributed by atoms with van der Waals surface area (Å²) in [6, 6.07) is 0. The summed E-state index contributed by atoms with van der Waals surface area (Å²) in [6.45, 7) is 3.78. The molecule has 1 saturated carbocycles. The van der Waals surface area contributed by atoms with Gasteiger partial charge in [-0.05, 0) is 24.7 Å². The summed E-state index contributed by atoms with van der Waals surface area (Å²) in [5.41, 5.74) is 0. The molecule has 1 aliphatic rings. The van der Waals surface area contributed by atoms with Crippen molar-refractivity contribution in [2.75, 3.05) is 0 Å². The van der Waals surface area contributed by atoms with Crippen molar-refractivity contribution in [3.8, 4) is 0 Å². The van der Waals surface area contributed by atoms with Crippen molar-refractivity contribution in [1.82, 2.24) is 0 Å². The molecule has 16 heavy (non-hydrogen) atoms. The number of carboxylic acid groups (broad SMARTS) is 2. The zero-order valence-electron chi connectivity index (χ0n) is 9.77. The molecule has 0 aromatic carbocycles. The molecule has 4 nitrogen and oxygen atoms in total. The Morgan fingerprint density at radius 3 is 1.44 bits per heavy atom. The van der Waals surface area contributed by atoms with Crippen LogP contribution >= 0.6 is 0 Å². The standard InChI is InChI=1S/C12H20O4/c1-3-7-5-6-8(4-2)10(12(15)16)9(7)11(13)14/h7-10H,3-6H2,1-2H3,(H,13,14)(H,15,16)/p-2. The summed E-state index contributed by atoms with van der Waals surface area (Å²) in [7, 11) is 0. The van der Waals surface area contributed by atoms with Crippen LogP contribution in [0.5, 0.6) is 0 Å². The lowest BCUT2D eigenvalue weighted by molar-refractivity contribution is -0.332. The average Bonchev–Trinajstić information content (AvgIpc) is 2.26.